The van der Waals surface area contributed by atoms with Gasteiger partial charge in [0.2, 0.25) is 11.8 Å². The zero-order chi connectivity index (χ0) is 15.2. The highest BCUT2D eigenvalue weighted by atomic mass is 16.2. The Morgan fingerprint density at radius 2 is 2.24 bits per heavy atom. The third-order valence-electron chi connectivity index (χ3n) is 3.89. The van der Waals surface area contributed by atoms with Crippen LogP contribution in [0.25, 0.3) is 0 Å². The van der Waals surface area contributed by atoms with Crippen molar-refractivity contribution >= 4 is 17.5 Å². The van der Waals surface area contributed by atoms with Crippen LogP contribution in [0.1, 0.15) is 25.3 Å². The average Bonchev–Trinajstić information content (AvgIpc) is 2.47. The number of nitrogens with two attached hydrogens (primary N) is 1. The van der Waals surface area contributed by atoms with E-state index in [9.17, 15) is 9.59 Å². The molecule has 1 aromatic carbocycles. The van der Waals surface area contributed by atoms with Gasteiger partial charge < -0.3 is 11.1 Å². The van der Waals surface area contributed by atoms with E-state index in [2.05, 4.69) is 12.2 Å². The molecule has 1 aliphatic heterocycles. The fraction of sp³-hybridized carbons (Fsp3) is 0.500. The normalized spacial score (nSPS) is 19.2. The van der Waals surface area contributed by atoms with E-state index in [1.807, 2.05) is 29.2 Å². The number of rotatable bonds is 5. The Labute approximate surface area is 125 Å². The van der Waals surface area contributed by atoms with Gasteiger partial charge in [-0.2, -0.15) is 0 Å². The van der Waals surface area contributed by atoms with E-state index >= 15 is 0 Å². The lowest BCUT2D eigenvalue weighted by Crippen LogP contribution is -2.44. The van der Waals surface area contributed by atoms with Crippen molar-refractivity contribution in [3.8, 4) is 0 Å². The molecule has 0 radical (unpaired) electrons. The molecule has 1 atom stereocenters. The number of hydrogen-bond donors (Lipinski definition) is 2. The first-order valence-electron chi connectivity index (χ1n) is 7.49. The Bertz CT molecular complexity index is 516. The van der Waals surface area contributed by atoms with Crippen LogP contribution in [0.4, 0.5) is 5.69 Å². The molecule has 0 spiro atoms. The molecule has 0 unspecified atom stereocenters. The molecule has 1 heterocycles. The first-order valence-corrected chi connectivity index (χ1v) is 7.49. The van der Waals surface area contributed by atoms with E-state index in [0.29, 0.717) is 13.1 Å². The topological polar surface area (TPSA) is 75.4 Å². The van der Waals surface area contributed by atoms with E-state index in [0.717, 1.165) is 31.5 Å². The molecule has 0 bridgehead atoms. The van der Waals surface area contributed by atoms with E-state index < -0.39 is 0 Å². The number of amides is 2. The van der Waals surface area contributed by atoms with Crippen LogP contribution in [-0.4, -0.2) is 36.3 Å². The number of nitrogens with zero attached hydrogens (tertiary/aromatic N) is 1. The molecule has 2 rings (SSSR count). The van der Waals surface area contributed by atoms with Crippen LogP contribution in [-0.2, 0) is 16.0 Å². The molecule has 1 aliphatic rings. The molecule has 0 aromatic heterocycles. The van der Waals surface area contributed by atoms with Crippen molar-refractivity contribution in [2.45, 2.75) is 26.2 Å². The fourth-order valence-electron chi connectivity index (χ4n) is 2.70. The van der Waals surface area contributed by atoms with Crippen molar-refractivity contribution in [1.29, 1.82) is 0 Å². The number of carbonyl (C=O) groups is 2. The quantitative estimate of drug-likeness (QED) is 0.860. The number of aryl methyl sites for hydroxylation is 1. The second-order valence-electron chi connectivity index (χ2n) is 5.58. The largest absolute Gasteiger partial charge is 0.369 e. The molecule has 1 saturated heterocycles. The maximum atomic E-state index is 12.1. The summed E-state index contributed by atoms with van der Waals surface area (Å²) in [7, 11) is 0. The lowest BCUT2D eigenvalue weighted by Gasteiger charge is -2.30. The van der Waals surface area contributed by atoms with Gasteiger partial charge in [0.05, 0.1) is 12.5 Å². The van der Waals surface area contributed by atoms with Crippen LogP contribution in [0.15, 0.2) is 24.3 Å². The summed E-state index contributed by atoms with van der Waals surface area (Å²) >= 11 is 0. The molecule has 0 saturated carbocycles. The molecule has 21 heavy (non-hydrogen) atoms. The second-order valence-corrected chi connectivity index (χ2v) is 5.58. The van der Waals surface area contributed by atoms with Crippen molar-refractivity contribution in [3.05, 3.63) is 29.8 Å². The smallest absolute Gasteiger partial charge is 0.238 e. The summed E-state index contributed by atoms with van der Waals surface area (Å²) in [5.41, 5.74) is 7.37. The summed E-state index contributed by atoms with van der Waals surface area (Å²) < 4.78 is 0. The van der Waals surface area contributed by atoms with Gasteiger partial charge in [0.25, 0.3) is 0 Å². The van der Waals surface area contributed by atoms with Crippen molar-refractivity contribution in [2.24, 2.45) is 11.7 Å². The minimum atomic E-state index is -0.268. The van der Waals surface area contributed by atoms with Crippen molar-refractivity contribution < 1.29 is 9.59 Å². The van der Waals surface area contributed by atoms with E-state index in [1.165, 1.54) is 5.56 Å². The van der Waals surface area contributed by atoms with E-state index in [4.69, 9.17) is 5.73 Å². The number of benzene rings is 1. The van der Waals surface area contributed by atoms with Gasteiger partial charge in [-0.15, -0.1) is 0 Å². The summed E-state index contributed by atoms with van der Waals surface area (Å²) in [5.74, 6) is -0.445. The molecule has 5 heteroatoms. The Balaban J connectivity index is 1.87. The summed E-state index contributed by atoms with van der Waals surface area (Å²) in [4.78, 5) is 25.3. The molecule has 0 aliphatic carbocycles. The number of carbonyl (C=O) groups excluding carboxylic acids is 2. The fourth-order valence-corrected chi connectivity index (χ4v) is 2.70. The third-order valence-corrected chi connectivity index (χ3v) is 3.89. The Hall–Kier alpha value is -1.88. The predicted molar refractivity (Wildman–Crippen MR) is 82.8 cm³/mol. The summed E-state index contributed by atoms with van der Waals surface area (Å²) in [6.45, 7) is 3.81. The number of anilines is 1. The Kier molecular flexibility index (Phi) is 5.33. The zero-order valence-corrected chi connectivity index (χ0v) is 12.5. The second kappa shape index (κ2) is 7.22. The van der Waals surface area contributed by atoms with Crippen LogP contribution in [0, 0.1) is 5.92 Å². The molecule has 2 amide bonds. The Morgan fingerprint density at radius 1 is 1.43 bits per heavy atom. The van der Waals surface area contributed by atoms with Crippen LogP contribution in [0.5, 0.6) is 0 Å². The standard InChI is InChI=1S/C16H23N3O2/c1-2-12-5-3-7-14(9-12)18-15(20)11-19-8-4-6-13(10-19)16(17)21/h3,5,7,9,13H,2,4,6,8,10-11H2,1H3,(H2,17,21)(H,18,20)/t13-/m0/s1. The highest BCUT2D eigenvalue weighted by Crippen LogP contribution is 2.16. The zero-order valence-electron chi connectivity index (χ0n) is 12.5. The van der Waals surface area contributed by atoms with Gasteiger partial charge in [0.15, 0.2) is 0 Å². The predicted octanol–water partition coefficient (Wildman–Crippen LogP) is 1.38. The molecule has 3 N–H and O–H groups in total. The Morgan fingerprint density at radius 3 is 2.95 bits per heavy atom. The molecule has 114 valence electrons. The molecular weight excluding hydrogens is 266 g/mol. The van der Waals surface area contributed by atoms with Crippen LogP contribution in [0.3, 0.4) is 0 Å². The molecular formula is C16H23N3O2. The average molecular weight is 289 g/mol. The van der Waals surface area contributed by atoms with Gasteiger partial charge in [0.1, 0.15) is 0 Å². The van der Waals surface area contributed by atoms with E-state index in [-0.39, 0.29) is 17.7 Å². The van der Waals surface area contributed by atoms with Gasteiger partial charge in [-0.25, -0.2) is 0 Å². The highest BCUT2D eigenvalue weighted by Gasteiger charge is 2.25. The van der Waals surface area contributed by atoms with Crippen molar-refractivity contribution in [2.75, 3.05) is 25.0 Å². The minimum absolute atomic E-state index is 0.0478. The van der Waals surface area contributed by atoms with Crippen LogP contribution in [0.2, 0.25) is 0 Å². The lowest BCUT2D eigenvalue weighted by atomic mass is 9.97. The maximum absolute atomic E-state index is 12.1. The van der Waals surface area contributed by atoms with Crippen LogP contribution >= 0.6 is 0 Å². The molecule has 1 fully saturated rings. The first kappa shape index (κ1) is 15.5. The third kappa shape index (κ3) is 4.56. The summed E-state index contributed by atoms with van der Waals surface area (Å²) in [6, 6.07) is 7.86. The number of nitrogens with one attached hydrogen (secondary N) is 1. The highest BCUT2D eigenvalue weighted by molar-refractivity contribution is 5.92. The van der Waals surface area contributed by atoms with Crippen LogP contribution < -0.4 is 11.1 Å². The SMILES string of the molecule is CCc1cccc(NC(=O)CN2CCC[C@H](C(N)=O)C2)c1. The summed E-state index contributed by atoms with van der Waals surface area (Å²) in [5, 5.41) is 2.91. The number of hydrogen-bond acceptors (Lipinski definition) is 3. The van der Waals surface area contributed by atoms with Crippen molar-refractivity contribution in [1.82, 2.24) is 4.90 Å². The first-order chi connectivity index (χ1) is 10.1. The van der Waals surface area contributed by atoms with Gasteiger partial charge in [-0.1, -0.05) is 19.1 Å². The van der Waals surface area contributed by atoms with Gasteiger partial charge in [0, 0.05) is 12.2 Å². The molecule has 1 aromatic rings. The lowest BCUT2D eigenvalue weighted by molar-refractivity contribution is -0.125. The monoisotopic (exact) mass is 289 g/mol. The van der Waals surface area contributed by atoms with Gasteiger partial charge in [-0.05, 0) is 43.5 Å². The molecule has 5 nitrogen and oxygen atoms in total. The summed E-state index contributed by atoms with van der Waals surface area (Å²) in [6.07, 6.45) is 2.67. The van der Waals surface area contributed by atoms with Gasteiger partial charge in [-0.3, -0.25) is 14.5 Å². The van der Waals surface area contributed by atoms with E-state index in [1.54, 1.807) is 0 Å². The van der Waals surface area contributed by atoms with Crippen molar-refractivity contribution in [3.63, 3.8) is 0 Å². The number of piperidine rings is 1. The van der Waals surface area contributed by atoms with Gasteiger partial charge >= 0.3 is 0 Å². The number of likely N-dealkylation sites (tertiary alicyclic amines) is 1. The maximum Gasteiger partial charge on any atom is 0.238 e. The minimum Gasteiger partial charge on any atom is -0.369 e. The number of primary amides is 1.